The average Bonchev–Trinajstić information content (AvgIpc) is 2.04. The Labute approximate surface area is 69.3 Å². The minimum Gasteiger partial charge on any atom is -0.474 e. The van der Waals surface area contributed by atoms with Crippen LogP contribution in [-0.2, 0) is 0 Å². The first-order valence-corrected chi connectivity index (χ1v) is 3.77. The molecule has 1 aromatic heterocycles. The van der Waals surface area contributed by atoms with Crippen molar-refractivity contribution in [2.45, 2.75) is 0 Å². The van der Waals surface area contributed by atoms with E-state index in [4.69, 9.17) is 16.3 Å². The van der Waals surface area contributed by atoms with Crippen LogP contribution >= 0.6 is 11.6 Å². The van der Waals surface area contributed by atoms with Gasteiger partial charge in [0.1, 0.15) is 11.8 Å². The zero-order chi connectivity index (χ0) is 7.68. The third-order valence-corrected chi connectivity index (χ3v) is 1.69. The van der Waals surface area contributed by atoms with E-state index in [0.717, 1.165) is 12.2 Å². The Morgan fingerprint density at radius 3 is 3.36 bits per heavy atom. The normalized spacial score (nSPS) is 14.6. The Morgan fingerprint density at radius 1 is 1.55 bits per heavy atom. The molecule has 1 aliphatic heterocycles. The first-order chi connectivity index (χ1) is 5.36. The van der Waals surface area contributed by atoms with Gasteiger partial charge in [-0.2, -0.15) is 4.98 Å². The van der Waals surface area contributed by atoms with E-state index >= 15 is 0 Å². The maximum absolute atomic E-state index is 5.66. The Morgan fingerprint density at radius 2 is 2.45 bits per heavy atom. The molecule has 0 atom stereocenters. The molecule has 1 aliphatic rings. The lowest BCUT2D eigenvalue weighted by molar-refractivity contribution is 0.310. The maximum atomic E-state index is 5.66. The summed E-state index contributed by atoms with van der Waals surface area (Å²) in [7, 11) is 0. The van der Waals surface area contributed by atoms with Gasteiger partial charge in [0, 0.05) is 6.54 Å². The summed E-state index contributed by atoms with van der Waals surface area (Å²) in [4.78, 5) is 3.99. The van der Waals surface area contributed by atoms with Crippen LogP contribution in [0, 0.1) is 0 Å². The monoisotopic (exact) mass is 170 g/mol. The van der Waals surface area contributed by atoms with E-state index in [1.54, 1.807) is 6.07 Å². The second-order valence-electron chi connectivity index (χ2n) is 2.26. The largest absolute Gasteiger partial charge is 0.474 e. The number of nitrogens with zero attached hydrogens (tertiary/aromatic N) is 1. The van der Waals surface area contributed by atoms with Gasteiger partial charge in [0.15, 0.2) is 0 Å². The third kappa shape index (κ3) is 1.24. The number of anilines is 1. The van der Waals surface area contributed by atoms with Gasteiger partial charge in [-0.1, -0.05) is 11.6 Å². The van der Waals surface area contributed by atoms with Gasteiger partial charge in [0.05, 0.1) is 5.69 Å². The van der Waals surface area contributed by atoms with Crippen molar-refractivity contribution in [3.8, 4) is 5.88 Å². The van der Waals surface area contributed by atoms with Crippen LogP contribution in [-0.4, -0.2) is 18.1 Å². The van der Waals surface area contributed by atoms with Crippen LogP contribution in [0.2, 0.25) is 5.15 Å². The zero-order valence-corrected chi connectivity index (χ0v) is 6.56. The quantitative estimate of drug-likeness (QED) is 0.600. The molecule has 11 heavy (non-hydrogen) atoms. The second-order valence-corrected chi connectivity index (χ2v) is 2.65. The SMILES string of the molecule is Clc1ccc2c(n1)OCCN2. The van der Waals surface area contributed by atoms with Crippen LogP contribution in [0.4, 0.5) is 5.69 Å². The number of aromatic nitrogens is 1. The van der Waals surface area contributed by atoms with Crippen molar-refractivity contribution in [2.24, 2.45) is 0 Å². The van der Waals surface area contributed by atoms with Crippen LogP contribution in [0.1, 0.15) is 0 Å². The van der Waals surface area contributed by atoms with Gasteiger partial charge < -0.3 is 10.1 Å². The van der Waals surface area contributed by atoms with Crippen LogP contribution < -0.4 is 10.1 Å². The number of fused-ring (bicyclic) bond motifs is 1. The standard InChI is InChI=1S/C7H7ClN2O/c8-6-2-1-5-7(10-6)11-4-3-9-5/h1-2,9H,3-4H2. The molecule has 0 bridgehead atoms. The average molecular weight is 171 g/mol. The Hall–Kier alpha value is -0.960. The summed E-state index contributed by atoms with van der Waals surface area (Å²) in [6.07, 6.45) is 0. The first-order valence-electron chi connectivity index (χ1n) is 3.39. The summed E-state index contributed by atoms with van der Waals surface area (Å²) in [6.45, 7) is 1.48. The molecule has 2 heterocycles. The molecule has 0 aromatic carbocycles. The molecule has 0 amide bonds. The number of pyridine rings is 1. The first kappa shape index (κ1) is 6.73. The fourth-order valence-corrected chi connectivity index (χ4v) is 1.14. The lowest BCUT2D eigenvalue weighted by atomic mass is 10.4. The predicted octanol–water partition coefficient (Wildman–Crippen LogP) is 1.54. The second kappa shape index (κ2) is 2.58. The molecule has 0 radical (unpaired) electrons. The van der Waals surface area contributed by atoms with Crippen molar-refractivity contribution in [2.75, 3.05) is 18.5 Å². The lowest BCUT2D eigenvalue weighted by Gasteiger charge is -2.17. The van der Waals surface area contributed by atoms with Gasteiger partial charge in [-0.25, -0.2) is 0 Å². The van der Waals surface area contributed by atoms with Crippen molar-refractivity contribution in [3.63, 3.8) is 0 Å². The van der Waals surface area contributed by atoms with E-state index in [1.165, 1.54) is 0 Å². The smallest absolute Gasteiger partial charge is 0.238 e. The summed E-state index contributed by atoms with van der Waals surface area (Å²) >= 11 is 5.66. The minimum atomic E-state index is 0.465. The number of hydrogen-bond donors (Lipinski definition) is 1. The minimum absolute atomic E-state index is 0.465. The Balaban J connectivity index is 2.43. The predicted molar refractivity (Wildman–Crippen MR) is 43.2 cm³/mol. The molecule has 1 aromatic rings. The highest BCUT2D eigenvalue weighted by molar-refractivity contribution is 6.29. The van der Waals surface area contributed by atoms with Crippen molar-refractivity contribution in [3.05, 3.63) is 17.3 Å². The molecule has 1 N–H and O–H groups in total. The summed E-state index contributed by atoms with van der Waals surface area (Å²) in [5.74, 6) is 0.601. The molecule has 4 heteroatoms. The van der Waals surface area contributed by atoms with Gasteiger partial charge in [0.25, 0.3) is 0 Å². The topological polar surface area (TPSA) is 34.1 Å². The number of nitrogens with one attached hydrogen (secondary N) is 1. The molecule has 2 rings (SSSR count). The summed E-state index contributed by atoms with van der Waals surface area (Å²) in [6, 6.07) is 3.60. The molecule has 0 saturated heterocycles. The number of halogens is 1. The zero-order valence-electron chi connectivity index (χ0n) is 5.80. The van der Waals surface area contributed by atoms with E-state index in [-0.39, 0.29) is 0 Å². The van der Waals surface area contributed by atoms with Gasteiger partial charge in [-0.15, -0.1) is 0 Å². The highest BCUT2D eigenvalue weighted by Gasteiger charge is 2.09. The highest BCUT2D eigenvalue weighted by Crippen LogP contribution is 2.25. The van der Waals surface area contributed by atoms with Crippen LogP contribution in [0.3, 0.4) is 0 Å². The lowest BCUT2D eigenvalue weighted by Crippen LogP contribution is -2.18. The van der Waals surface area contributed by atoms with Crippen molar-refractivity contribution in [1.29, 1.82) is 0 Å². The van der Waals surface area contributed by atoms with E-state index < -0.39 is 0 Å². The van der Waals surface area contributed by atoms with Crippen molar-refractivity contribution in [1.82, 2.24) is 4.98 Å². The number of rotatable bonds is 0. The molecule has 0 spiro atoms. The molecule has 0 fully saturated rings. The Bertz CT molecular complexity index is 277. The number of ether oxygens (including phenoxy) is 1. The van der Waals surface area contributed by atoms with Gasteiger partial charge in [-0.05, 0) is 12.1 Å². The maximum Gasteiger partial charge on any atom is 0.238 e. The number of hydrogen-bond acceptors (Lipinski definition) is 3. The molecular formula is C7H7ClN2O. The van der Waals surface area contributed by atoms with E-state index in [0.29, 0.717) is 17.6 Å². The van der Waals surface area contributed by atoms with E-state index in [9.17, 15) is 0 Å². The molecule has 0 unspecified atom stereocenters. The Kier molecular flexibility index (Phi) is 1.58. The molecular weight excluding hydrogens is 164 g/mol. The van der Waals surface area contributed by atoms with Gasteiger partial charge >= 0.3 is 0 Å². The fourth-order valence-electron chi connectivity index (χ4n) is 0.996. The van der Waals surface area contributed by atoms with E-state index in [1.807, 2.05) is 6.07 Å². The van der Waals surface area contributed by atoms with E-state index in [2.05, 4.69) is 10.3 Å². The van der Waals surface area contributed by atoms with Gasteiger partial charge in [-0.3, -0.25) is 0 Å². The third-order valence-electron chi connectivity index (χ3n) is 1.48. The molecule has 0 saturated carbocycles. The molecule has 3 nitrogen and oxygen atoms in total. The van der Waals surface area contributed by atoms with Crippen molar-refractivity contribution < 1.29 is 4.74 Å². The molecule has 58 valence electrons. The van der Waals surface area contributed by atoms with Crippen LogP contribution in [0.15, 0.2) is 12.1 Å². The summed E-state index contributed by atoms with van der Waals surface area (Å²) in [5.41, 5.74) is 0.917. The van der Waals surface area contributed by atoms with Crippen molar-refractivity contribution >= 4 is 17.3 Å². The fraction of sp³-hybridized carbons (Fsp3) is 0.286. The molecule has 0 aliphatic carbocycles. The van der Waals surface area contributed by atoms with Crippen LogP contribution in [0.5, 0.6) is 5.88 Å². The summed E-state index contributed by atoms with van der Waals surface area (Å²) < 4.78 is 5.25. The highest BCUT2D eigenvalue weighted by atomic mass is 35.5. The van der Waals surface area contributed by atoms with Crippen LogP contribution in [0.25, 0.3) is 0 Å². The van der Waals surface area contributed by atoms with Gasteiger partial charge in [0.2, 0.25) is 5.88 Å². The summed E-state index contributed by atoms with van der Waals surface area (Å²) in [5, 5.41) is 3.61.